The van der Waals surface area contributed by atoms with E-state index in [9.17, 15) is 4.79 Å². The van der Waals surface area contributed by atoms with Gasteiger partial charge in [0.25, 0.3) is 0 Å². The molecule has 0 aliphatic heterocycles. The zero-order valence-electron chi connectivity index (χ0n) is 19.0. The summed E-state index contributed by atoms with van der Waals surface area (Å²) in [5, 5.41) is 3.11. The summed E-state index contributed by atoms with van der Waals surface area (Å²) in [6.07, 6.45) is 1.13. The molecule has 1 amide bonds. The number of fused-ring (bicyclic) bond motifs is 1. The fraction of sp³-hybridized carbons (Fsp3) is 0.259. The van der Waals surface area contributed by atoms with Crippen molar-refractivity contribution in [2.24, 2.45) is 0 Å². The molecular weight excluding hydrogens is 414 g/mol. The van der Waals surface area contributed by atoms with Gasteiger partial charge in [-0.05, 0) is 55.3 Å². The Morgan fingerprint density at radius 2 is 1.70 bits per heavy atom. The van der Waals surface area contributed by atoms with Crippen LogP contribution >= 0.6 is 0 Å². The van der Waals surface area contributed by atoms with Crippen LogP contribution in [0, 0.1) is 0 Å². The maximum Gasteiger partial charge on any atom is 0.224 e. The Labute approximate surface area is 194 Å². The number of para-hydroxylation sites is 3. The fourth-order valence-electron chi connectivity index (χ4n) is 3.87. The first kappa shape index (κ1) is 22.4. The van der Waals surface area contributed by atoms with Crippen LogP contribution in [0.15, 0.2) is 78.9 Å². The van der Waals surface area contributed by atoms with Gasteiger partial charge in [-0.15, -0.1) is 0 Å². The molecule has 3 aromatic carbocycles. The van der Waals surface area contributed by atoms with Gasteiger partial charge in [0.05, 0.1) is 37.2 Å². The number of ether oxygens (including phenoxy) is 2. The molecule has 170 valence electrons. The van der Waals surface area contributed by atoms with E-state index in [0.717, 1.165) is 46.9 Å². The zero-order chi connectivity index (χ0) is 23.0. The number of hydrogen-bond donors (Lipinski definition) is 1. The zero-order valence-corrected chi connectivity index (χ0v) is 19.0. The van der Waals surface area contributed by atoms with Crippen LogP contribution in [-0.4, -0.2) is 29.2 Å². The monoisotopic (exact) mass is 443 g/mol. The van der Waals surface area contributed by atoms with Crippen LogP contribution in [0.3, 0.4) is 0 Å². The van der Waals surface area contributed by atoms with E-state index < -0.39 is 0 Å². The van der Waals surface area contributed by atoms with Crippen LogP contribution in [0.5, 0.6) is 11.5 Å². The Balaban J connectivity index is 1.42. The normalized spacial score (nSPS) is 11.8. The standard InChI is InChI=1S/C27H29N3O3/c1-20(28-26(31)19-21-13-15-22(32-2)16-14-21)27-29-24-11-6-7-12-25(24)30(27)17-8-18-33-23-9-4-3-5-10-23/h3-7,9-16,20H,8,17-19H2,1-2H3,(H,28,31). The lowest BCUT2D eigenvalue weighted by Gasteiger charge is -2.17. The molecule has 0 radical (unpaired) electrons. The van der Waals surface area contributed by atoms with Gasteiger partial charge in [0, 0.05) is 6.54 Å². The van der Waals surface area contributed by atoms with E-state index in [4.69, 9.17) is 14.5 Å². The van der Waals surface area contributed by atoms with E-state index in [1.807, 2.05) is 79.7 Å². The molecule has 0 aliphatic rings. The van der Waals surface area contributed by atoms with Crippen molar-refractivity contribution in [3.8, 4) is 11.5 Å². The first-order valence-electron chi connectivity index (χ1n) is 11.2. The number of aromatic nitrogens is 2. The lowest BCUT2D eigenvalue weighted by atomic mass is 10.1. The van der Waals surface area contributed by atoms with Crippen molar-refractivity contribution in [2.75, 3.05) is 13.7 Å². The number of nitrogens with one attached hydrogen (secondary N) is 1. The summed E-state index contributed by atoms with van der Waals surface area (Å²) in [5.74, 6) is 2.45. The Bertz CT molecular complexity index is 1190. The maximum absolute atomic E-state index is 12.7. The lowest BCUT2D eigenvalue weighted by Crippen LogP contribution is -2.30. The molecule has 0 saturated heterocycles. The molecule has 6 nitrogen and oxygen atoms in total. The molecule has 0 bridgehead atoms. The van der Waals surface area contributed by atoms with E-state index in [0.29, 0.717) is 13.0 Å². The number of methoxy groups -OCH3 is 1. The van der Waals surface area contributed by atoms with Crippen LogP contribution in [0.1, 0.15) is 30.8 Å². The minimum absolute atomic E-state index is 0.0429. The molecule has 0 aliphatic carbocycles. The van der Waals surface area contributed by atoms with E-state index >= 15 is 0 Å². The molecule has 0 saturated carbocycles. The molecule has 4 aromatic rings. The van der Waals surface area contributed by atoms with Crippen LogP contribution in [0.25, 0.3) is 11.0 Å². The summed E-state index contributed by atoms with van der Waals surface area (Å²) in [6.45, 7) is 3.33. The molecular formula is C27H29N3O3. The van der Waals surface area contributed by atoms with Crippen molar-refractivity contribution in [1.82, 2.24) is 14.9 Å². The highest BCUT2D eigenvalue weighted by atomic mass is 16.5. The first-order chi connectivity index (χ1) is 16.1. The third-order valence-electron chi connectivity index (χ3n) is 5.51. The highest BCUT2D eigenvalue weighted by Crippen LogP contribution is 2.22. The van der Waals surface area contributed by atoms with E-state index in [-0.39, 0.29) is 11.9 Å². The summed E-state index contributed by atoms with van der Waals surface area (Å²) in [7, 11) is 1.63. The average Bonchev–Trinajstić information content (AvgIpc) is 3.22. The summed E-state index contributed by atoms with van der Waals surface area (Å²) < 4.78 is 13.2. The van der Waals surface area contributed by atoms with E-state index in [1.165, 1.54) is 0 Å². The lowest BCUT2D eigenvalue weighted by molar-refractivity contribution is -0.121. The quantitative estimate of drug-likeness (QED) is 0.353. The van der Waals surface area contributed by atoms with Crippen molar-refractivity contribution in [3.05, 3.63) is 90.3 Å². The van der Waals surface area contributed by atoms with Gasteiger partial charge >= 0.3 is 0 Å². The number of amides is 1. The Morgan fingerprint density at radius 3 is 2.45 bits per heavy atom. The number of carbonyl (C=O) groups is 1. The van der Waals surface area contributed by atoms with Gasteiger partial charge in [-0.2, -0.15) is 0 Å². The summed E-state index contributed by atoms with van der Waals surface area (Å²) >= 11 is 0. The van der Waals surface area contributed by atoms with Crippen LogP contribution in [0.4, 0.5) is 0 Å². The van der Waals surface area contributed by atoms with Gasteiger partial charge in [-0.25, -0.2) is 4.98 Å². The van der Waals surface area contributed by atoms with E-state index in [2.05, 4.69) is 16.0 Å². The maximum atomic E-state index is 12.7. The average molecular weight is 444 g/mol. The molecule has 0 fully saturated rings. The van der Waals surface area contributed by atoms with Gasteiger partial charge < -0.3 is 19.4 Å². The number of benzene rings is 3. The van der Waals surface area contributed by atoms with Gasteiger partial charge in [0.1, 0.15) is 17.3 Å². The highest BCUT2D eigenvalue weighted by molar-refractivity contribution is 5.79. The third-order valence-corrected chi connectivity index (χ3v) is 5.51. The number of carbonyl (C=O) groups excluding carboxylic acids is 1. The molecule has 1 atom stereocenters. The Kier molecular flexibility index (Phi) is 7.25. The molecule has 6 heteroatoms. The fourth-order valence-corrected chi connectivity index (χ4v) is 3.87. The van der Waals surface area contributed by atoms with Crippen molar-refractivity contribution < 1.29 is 14.3 Å². The smallest absolute Gasteiger partial charge is 0.224 e. The second-order valence-corrected chi connectivity index (χ2v) is 7.94. The predicted octanol–water partition coefficient (Wildman–Crippen LogP) is 4.93. The van der Waals surface area contributed by atoms with Gasteiger partial charge in [0.2, 0.25) is 5.91 Å². The molecule has 33 heavy (non-hydrogen) atoms. The topological polar surface area (TPSA) is 65.4 Å². The summed E-state index contributed by atoms with van der Waals surface area (Å²) in [4.78, 5) is 17.5. The Hall–Kier alpha value is -3.80. The molecule has 1 heterocycles. The van der Waals surface area contributed by atoms with Crippen molar-refractivity contribution in [2.45, 2.75) is 32.4 Å². The van der Waals surface area contributed by atoms with Crippen molar-refractivity contribution >= 4 is 16.9 Å². The molecule has 0 spiro atoms. The number of imidazole rings is 1. The molecule has 1 N–H and O–H groups in total. The third kappa shape index (κ3) is 5.71. The predicted molar refractivity (Wildman–Crippen MR) is 130 cm³/mol. The summed E-state index contributed by atoms with van der Waals surface area (Å²) in [6, 6.07) is 25.2. The molecule has 1 unspecified atom stereocenters. The highest BCUT2D eigenvalue weighted by Gasteiger charge is 2.18. The first-order valence-corrected chi connectivity index (χ1v) is 11.2. The van der Waals surface area contributed by atoms with Crippen molar-refractivity contribution in [3.63, 3.8) is 0 Å². The number of aryl methyl sites for hydroxylation is 1. The van der Waals surface area contributed by atoms with Crippen LogP contribution in [0.2, 0.25) is 0 Å². The number of rotatable bonds is 10. The van der Waals surface area contributed by atoms with Crippen molar-refractivity contribution in [1.29, 1.82) is 0 Å². The molecule has 1 aromatic heterocycles. The van der Waals surface area contributed by atoms with Gasteiger partial charge in [-0.3, -0.25) is 4.79 Å². The number of hydrogen-bond acceptors (Lipinski definition) is 4. The van der Waals surface area contributed by atoms with E-state index in [1.54, 1.807) is 7.11 Å². The minimum Gasteiger partial charge on any atom is -0.497 e. The minimum atomic E-state index is -0.224. The second kappa shape index (κ2) is 10.7. The van der Waals surface area contributed by atoms with Crippen LogP contribution < -0.4 is 14.8 Å². The largest absolute Gasteiger partial charge is 0.497 e. The number of nitrogens with zero attached hydrogens (tertiary/aromatic N) is 2. The second-order valence-electron chi connectivity index (χ2n) is 7.94. The Morgan fingerprint density at radius 1 is 0.970 bits per heavy atom. The van der Waals surface area contributed by atoms with Crippen LogP contribution in [-0.2, 0) is 17.8 Å². The molecule has 4 rings (SSSR count). The SMILES string of the molecule is COc1ccc(CC(=O)NC(C)c2nc3ccccc3n2CCCOc2ccccc2)cc1. The summed E-state index contributed by atoms with van der Waals surface area (Å²) in [5.41, 5.74) is 2.92. The van der Waals surface area contributed by atoms with Gasteiger partial charge in [-0.1, -0.05) is 42.5 Å². The van der Waals surface area contributed by atoms with Gasteiger partial charge in [0.15, 0.2) is 0 Å².